The maximum Gasteiger partial charge on any atom is 0.0768 e. The summed E-state index contributed by atoms with van der Waals surface area (Å²) >= 11 is 0. The lowest BCUT2D eigenvalue weighted by Gasteiger charge is -1.99. The van der Waals surface area contributed by atoms with Crippen molar-refractivity contribution in [3.8, 4) is 11.3 Å². The molecule has 0 aliphatic heterocycles. The van der Waals surface area contributed by atoms with Gasteiger partial charge in [0.1, 0.15) is 0 Å². The molecule has 4 nitrogen and oxygen atoms in total. The van der Waals surface area contributed by atoms with E-state index in [0.29, 0.717) is 0 Å². The van der Waals surface area contributed by atoms with Crippen LogP contribution in [0.25, 0.3) is 11.3 Å². The first kappa shape index (κ1) is 9.86. The van der Waals surface area contributed by atoms with E-state index in [1.165, 1.54) is 0 Å². The molecular weight excluding hydrogens is 188 g/mol. The molecule has 1 N–H and O–H groups in total. The molecule has 0 unspecified atom stereocenters. The van der Waals surface area contributed by atoms with Gasteiger partial charge in [-0.3, -0.25) is 9.67 Å². The Bertz CT molecular complexity index is 433. The lowest BCUT2D eigenvalue weighted by molar-refractivity contribution is 0.716. The molecule has 0 aromatic carbocycles. The fourth-order valence-corrected chi connectivity index (χ4v) is 1.59. The third kappa shape index (κ3) is 2.05. The molecule has 2 heterocycles. The van der Waals surface area contributed by atoms with Crippen molar-refractivity contribution >= 4 is 0 Å². The molecule has 0 aliphatic rings. The van der Waals surface area contributed by atoms with Crippen molar-refractivity contribution in [2.45, 2.75) is 6.54 Å². The van der Waals surface area contributed by atoms with Gasteiger partial charge in [-0.25, -0.2) is 0 Å². The minimum Gasteiger partial charge on any atom is -0.314 e. The van der Waals surface area contributed by atoms with E-state index >= 15 is 0 Å². The molecule has 4 heteroatoms. The van der Waals surface area contributed by atoms with Gasteiger partial charge in [0.05, 0.1) is 11.4 Å². The monoisotopic (exact) mass is 202 g/mol. The van der Waals surface area contributed by atoms with Gasteiger partial charge in [0.25, 0.3) is 0 Å². The first-order valence-electron chi connectivity index (χ1n) is 4.89. The largest absolute Gasteiger partial charge is 0.314 e. The van der Waals surface area contributed by atoms with E-state index in [0.717, 1.165) is 23.5 Å². The fraction of sp³-hybridized carbons (Fsp3) is 0.273. The van der Waals surface area contributed by atoms with Gasteiger partial charge in [-0.15, -0.1) is 0 Å². The molecular formula is C11H14N4. The van der Waals surface area contributed by atoms with Crippen LogP contribution in [0.2, 0.25) is 0 Å². The number of pyridine rings is 1. The van der Waals surface area contributed by atoms with E-state index in [-0.39, 0.29) is 0 Å². The van der Waals surface area contributed by atoms with Gasteiger partial charge in [-0.05, 0) is 25.2 Å². The summed E-state index contributed by atoms with van der Waals surface area (Å²) < 4.78 is 1.89. The minimum absolute atomic E-state index is 0.791. The smallest absolute Gasteiger partial charge is 0.0768 e. The van der Waals surface area contributed by atoms with Crippen LogP contribution in [-0.4, -0.2) is 21.8 Å². The van der Waals surface area contributed by atoms with Gasteiger partial charge in [0, 0.05) is 31.5 Å². The number of hydrogen-bond donors (Lipinski definition) is 1. The van der Waals surface area contributed by atoms with Crippen molar-refractivity contribution in [1.29, 1.82) is 0 Å². The molecule has 78 valence electrons. The predicted octanol–water partition coefficient (Wildman–Crippen LogP) is 1.20. The summed E-state index contributed by atoms with van der Waals surface area (Å²) in [6.07, 6.45) is 3.58. The zero-order chi connectivity index (χ0) is 10.7. The number of hydrogen-bond acceptors (Lipinski definition) is 3. The van der Waals surface area contributed by atoms with Crippen LogP contribution in [0.5, 0.6) is 0 Å². The second-order valence-corrected chi connectivity index (χ2v) is 3.41. The van der Waals surface area contributed by atoms with Crippen molar-refractivity contribution in [2.24, 2.45) is 7.05 Å². The summed E-state index contributed by atoms with van der Waals surface area (Å²) in [5, 5.41) is 7.50. The lowest BCUT2D eigenvalue weighted by atomic mass is 10.2. The van der Waals surface area contributed by atoms with Crippen molar-refractivity contribution < 1.29 is 0 Å². The molecule has 0 bridgehead atoms. The Hall–Kier alpha value is -1.68. The highest BCUT2D eigenvalue weighted by atomic mass is 15.3. The Morgan fingerprint density at radius 3 is 2.73 bits per heavy atom. The topological polar surface area (TPSA) is 42.7 Å². The quantitative estimate of drug-likeness (QED) is 0.813. The summed E-state index contributed by atoms with van der Waals surface area (Å²) in [4.78, 5) is 4.00. The van der Waals surface area contributed by atoms with Crippen LogP contribution < -0.4 is 5.32 Å². The Balaban J connectivity index is 2.36. The maximum absolute atomic E-state index is 4.41. The average molecular weight is 202 g/mol. The van der Waals surface area contributed by atoms with Crippen LogP contribution >= 0.6 is 0 Å². The molecule has 2 rings (SSSR count). The zero-order valence-corrected chi connectivity index (χ0v) is 8.94. The molecule has 0 saturated heterocycles. The molecule has 0 amide bonds. The highest BCUT2D eigenvalue weighted by molar-refractivity contribution is 5.59. The molecule has 0 radical (unpaired) electrons. The molecule has 0 spiro atoms. The van der Waals surface area contributed by atoms with E-state index in [2.05, 4.69) is 21.5 Å². The Morgan fingerprint density at radius 2 is 2.07 bits per heavy atom. The van der Waals surface area contributed by atoms with Gasteiger partial charge >= 0.3 is 0 Å². The van der Waals surface area contributed by atoms with E-state index in [1.54, 1.807) is 12.4 Å². The highest BCUT2D eigenvalue weighted by Crippen LogP contribution is 2.18. The molecule has 2 aromatic heterocycles. The number of nitrogens with one attached hydrogen (secondary N) is 1. The van der Waals surface area contributed by atoms with E-state index in [1.807, 2.05) is 30.9 Å². The number of rotatable bonds is 3. The van der Waals surface area contributed by atoms with Crippen LogP contribution in [0.4, 0.5) is 0 Å². The first-order chi connectivity index (χ1) is 7.31. The number of aryl methyl sites for hydroxylation is 1. The predicted molar refractivity (Wildman–Crippen MR) is 59.2 cm³/mol. The first-order valence-corrected chi connectivity index (χ1v) is 4.89. The average Bonchev–Trinajstić information content (AvgIpc) is 2.61. The van der Waals surface area contributed by atoms with Crippen LogP contribution in [0.1, 0.15) is 5.69 Å². The third-order valence-electron chi connectivity index (χ3n) is 2.26. The van der Waals surface area contributed by atoms with Crippen LogP contribution in [0.15, 0.2) is 30.6 Å². The summed E-state index contributed by atoms with van der Waals surface area (Å²) in [7, 11) is 3.87. The van der Waals surface area contributed by atoms with Crippen LogP contribution in [-0.2, 0) is 13.6 Å². The van der Waals surface area contributed by atoms with Gasteiger partial charge < -0.3 is 5.32 Å². The second kappa shape index (κ2) is 4.23. The number of aromatic nitrogens is 3. The lowest BCUT2D eigenvalue weighted by Crippen LogP contribution is -2.05. The van der Waals surface area contributed by atoms with Gasteiger partial charge in [-0.2, -0.15) is 5.10 Å². The van der Waals surface area contributed by atoms with E-state index in [9.17, 15) is 0 Å². The summed E-state index contributed by atoms with van der Waals surface area (Å²) in [6.45, 7) is 0.791. The second-order valence-electron chi connectivity index (χ2n) is 3.41. The summed E-state index contributed by atoms with van der Waals surface area (Å²) in [5.74, 6) is 0. The van der Waals surface area contributed by atoms with E-state index in [4.69, 9.17) is 0 Å². The SMILES string of the molecule is CNCc1cc(-c2ccncc2)n(C)n1. The van der Waals surface area contributed by atoms with Crippen LogP contribution in [0, 0.1) is 0 Å². The molecule has 0 saturated carbocycles. The Kier molecular flexibility index (Phi) is 2.78. The normalized spacial score (nSPS) is 10.5. The van der Waals surface area contributed by atoms with Crippen molar-refractivity contribution in [3.63, 3.8) is 0 Å². The molecule has 0 fully saturated rings. The minimum atomic E-state index is 0.791. The van der Waals surface area contributed by atoms with Gasteiger partial charge in [0.15, 0.2) is 0 Å². The van der Waals surface area contributed by atoms with Gasteiger partial charge in [0.2, 0.25) is 0 Å². The summed E-state index contributed by atoms with van der Waals surface area (Å²) in [6, 6.07) is 6.06. The fourth-order valence-electron chi connectivity index (χ4n) is 1.59. The highest BCUT2D eigenvalue weighted by Gasteiger charge is 2.05. The van der Waals surface area contributed by atoms with Crippen LogP contribution in [0.3, 0.4) is 0 Å². The Morgan fingerprint density at radius 1 is 1.33 bits per heavy atom. The molecule has 2 aromatic rings. The molecule has 0 aliphatic carbocycles. The maximum atomic E-state index is 4.41. The Labute approximate surface area is 89.0 Å². The van der Waals surface area contributed by atoms with E-state index < -0.39 is 0 Å². The zero-order valence-electron chi connectivity index (χ0n) is 8.94. The molecule has 0 atom stereocenters. The number of nitrogens with zero attached hydrogens (tertiary/aromatic N) is 3. The van der Waals surface area contributed by atoms with Crippen molar-refractivity contribution in [3.05, 3.63) is 36.3 Å². The standard InChI is InChI=1S/C11H14N4/c1-12-8-10-7-11(15(2)14-10)9-3-5-13-6-4-9/h3-7,12H,8H2,1-2H3. The molecule has 15 heavy (non-hydrogen) atoms. The summed E-state index contributed by atoms with van der Waals surface area (Å²) in [5.41, 5.74) is 3.30. The third-order valence-corrected chi connectivity index (χ3v) is 2.26. The van der Waals surface area contributed by atoms with Crippen molar-refractivity contribution in [2.75, 3.05) is 7.05 Å². The van der Waals surface area contributed by atoms with Gasteiger partial charge in [-0.1, -0.05) is 0 Å². The van der Waals surface area contributed by atoms with Crippen molar-refractivity contribution in [1.82, 2.24) is 20.1 Å².